The van der Waals surface area contributed by atoms with E-state index in [4.69, 9.17) is 27.9 Å². The van der Waals surface area contributed by atoms with E-state index in [-0.39, 0.29) is 34.0 Å². The fourth-order valence-corrected chi connectivity index (χ4v) is 4.35. The van der Waals surface area contributed by atoms with Crippen LogP contribution in [0.3, 0.4) is 0 Å². The number of anilines is 1. The van der Waals surface area contributed by atoms with Crippen LogP contribution in [0.4, 0.5) is 11.4 Å². The Hall–Kier alpha value is -3.62. The van der Waals surface area contributed by atoms with E-state index in [0.29, 0.717) is 16.7 Å². The summed E-state index contributed by atoms with van der Waals surface area (Å²) in [4.78, 5) is 25.1. The number of ether oxygens (including phenoxy) is 1. The summed E-state index contributed by atoms with van der Waals surface area (Å²) >= 11 is 12.6. The van der Waals surface area contributed by atoms with E-state index in [2.05, 4.69) is 15.4 Å². The van der Waals surface area contributed by atoms with Crippen molar-refractivity contribution in [2.75, 3.05) is 18.0 Å². The molecule has 10 heteroatoms. The van der Waals surface area contributed by atoms with Gasteiger partial charge in [-0.25, -0.2) is 5.43 Å². The lowest BCUT2D eigenvalue weighted by molar-refractivity contribution is -0.384. The van der Waals surface area contributed by atoms with E-state index in [1.54, 1.807) is 36.4 Å². The van der Waals surface area contributed by atoms with E-state index in [0.717, 1.165) is 18.8 Å². The van der Waals surface area contributed by atoms with Crippen molar-refractivity contribution in [3.63, 3.8) is 0 Å². The smallest absolute Gasteiger partial charge is 0.271 e. The van der Waals surface area contributed by atoms with Crippen LogP contribution in [0.2, 0.25) is 10.0 Å². The van der Waals surface area contributed by atoms with Gasteiger partial charge in [-0.15, -0.1) is 0 Å². The number of nitro groups is 1. The maximum atomic E-state index is 12.4. The van der Waals surface area contributed by atoms with Crippen molar-refractivity contribution in [1.29, 1.82) is 0 Å². The Morgan fingerprint density at radius 3 is 2.43 bits per heavy atom. The SMILES string of the molecule is O=C(N/N=C\c1cc(Cl)c(OCc2cccc([N+](=O)[O-])c2)c(Cl)c1)c1ccc(N2CCCC2)cc1. The monoisotopic (exact) mass is 512 g/mol. The third-order valence-corrected chi connectivity index (χ3v) is 6.07. The zero-order valence-electron chi connectivity index (χ0n) is 18.6. The normalized spacial score (nSPS) is 13.3. The number of carbonyl (C=O) groups excluding carboxylic acids is 1. The number of benzene rings is 3. The first-order chi connectivity index (χ1) is 16.9. The van der Waals surface area contributed by atoms with Crippen LogP contribution in [0.15, 0.2) is 65.8 Å². The lowest BCUT2D eigenvalue weighted by Crippen LogP contribution is -2.19. The molecule has 1 aliphatic rings. The van der Waals surface area contributed by atoms with Crippen LogP contribution < -0.4 is 15.1 Å². The topological polar surface area (TPSA) is 97.1 Å². The molecule has 1 saturated heterocycles. The number of rotatable bonds is 8. The standard InChI is InChI=1S/C25H22Cl2N4O4/c26-22-13-18(14-23(27)24(22)35-16-17-4-3-5-21(12-17)31(33)34)15-28-29-25(32)19-6-8-20(9-7-19)30-10-1-2-11-30/h3-9,12-15H,1-2,10-11,16H2,(H,29,32)/b28-15-. The molecule has 0 spiro atoms. The summed E-state index contributed by atoms with van der Waals surface area (Å²) < 4.78 is 5.69. The van der Waals surface area contributed by atoms with Gasteiger partial charge in [0.2, 0.25) is 0 Å². The van der Waals surface area contributed by atoms with Crippen molar-refractivity contribution in [2.24, 2.45) is 5.10 Å². The zero-order valence-corrected chi connectivity index (χ0v) is 20.1. The minimum atomic E-state index is -0.472. The van der Waals surface area contributed by atoms with Gasteiger partial charge in [0.05, 0.1) is 21.2 Å². The quantitative estimate of drug-likeness (QED) is 0.232. The van der Waals surface area contributed by atoms with Gasteiger partial charge < -0.3 is 9.64 Å². The summed E-state index contributed by atoms with van der Waals surface area (Å²) in [6.45, 7) is 2.14. The molecule has 0 bridgehead atoms. The number of halogens is 2. The molecule has 0 aliphatic carbocycles. The molecule has 0 radical (unpaired) electrons. The number of non-ortho nitro benzene ring substituents is 1. The van der Waals surface area contributed by atoms with Gasteiger partial charge in [-0.2, -0.15) is 5.10 Å². The van der Waals surface area contributed by atoms with Crippen LogP contribution >= 0.6 is 23.2 Å². The molecule has 180 valence electrons. The number of nitrogens with one attached hydrogen (secondary N) is 1. The third kappa shape index (κ3) is 6.29. The highest BCUT2D eigenvalue weighted by atomic mass is 35.5. The number of amides is 1. The maximum absolute atomic E-state index is 12.4. The van der Waals surface area contributed by atoms with E-state index in [9.17, 15) is 14.9 Å². The minimum absolute atomic E-state index is 0.0283. The molecule has 1 amide bonds. The Morgan fingerprint density at radius 2 is 1.77 bits per heavy atom. The van der Waals surface area contributed by atoms with Crippen molar-refractivity contribution in [1.82, 2.24) is 5.43 Å². The number of hydrazone groups is 1. The summed E-state index contributed by atoms with van der Waals surface area (Å²) in [5.74, 6) is -0.0811. The second kappa shape index (κ2) is 11.2. The number of hydrogen-bond donors (Lipinski definition) is 1. The van der Waals surface area contributed by atoms with Gasteiger partial charge >= 0.3 is 0 Å². The van der Waals surface area contributed by atoms with Gasteiger partial charge in [0.15, 0.2) is 5.75 Å². The first kappa shape index (κ1) is 24.5. The Labute approximate surface area is 212 Å². The highest BCUT2D eigenvalue weighted by Gasteiger charge is 2.14. The molecule has 1 heterocycles. The van der Waals surface area contributed by atoms with Crippen LogP contribution in [-0.2, 0) is 6.61 Å². The predicted molar refractivity (Wildman–Crippen MR) is 137 cm³/mol. The van der Waals surface area contributed by atoms with E-state index < -0.39 is 4.92 Å². The fourth-order valence-electron chi connectivity index (χ4n) is 3.74. The molecule has 1 aliphatic heterocycles. The minimum Gasteiger partial charge on any atom is -0.486 e. The van der Waals surface area contributed by atoms with Crippen molar-refractivity contribution in [3.05, 3.63) is 97.5 Å². The average molecular weight is 513 g/mol. The van der Waals surface area contributed by atoms with Crippen LogP contribution in [0.25, 0.3) is 0 Å². The Morgan fingerprint density at radius 1 is 1.09 bits per heavy atom. The molecule has 1 fully saturated rings. The van der Waals surface area contributed by atoms with E-state index in [1.165, 1.54) is 31.2 Å². The van der Waals surface area contributed by atoms with Crippen LogP contribution in [0, 0.1) is 10.1 Å². The molecular weight excluding hydrogens is 491 g/mol. The molecular formula is C25H22Cl2N4O4. The third-order valence-electron chi connectivity index (χ3n) is 5.51. The van der Waals surface area contributed by atoms with Crippen molar-refractivity contribution in [2.45, 2.75) is 19.4 Å². The summed E-state index contributed by atoms with van der Waals surface area (Å²) in [5, 5.41) is 15.4. The molecule has 3 aromatic carbocycles. The Bertz CT molecular complexity index is 1240. The van der Waals surface area contributed by atoms with Crippen molar-refractivity contribution < 1.29 is 14.5 Å². The molecule has 0 atom stereocenters. The largest absolute Gasteiger partial charge is 0.486 e. The van der Waals surface area contributed by atoms with Crippen molar-refractivity contribution in [3.8, 4) is 5.75 Å². The van der Waals surface area contributed by atoms with Crippen LogP contribution in [0.5, 0.6) is 5.75 Å². The maximum Gasteiger partial charge on any atom is 0.271 e. The molecule has 35 heavy (non-hydrogen) atoms. The lowest BCUT2D eigenvalue weighted by Gasteiger charge is -2.17. The fraction of sp³-hybridized carbons (Fsp3) is 0.200. The number of nitro benzene ring substituents is 1. The van der Waals surface area contributed by atoms with Gasteiger partial charge in [-0.3, -0.25) is 14.9 Å². The van der Waals surface area contributed by atoms with Gasteiger partial charge in [-0.1, -0.05) is 35.3 Å². The summed E-state index contributed by atoms with van der Waals surface area (Å²) in [6.07, 6.45) is 3.81. The summed E-state index contributed by atoms with van der Waals surface area (Å²) in [6, 6.07) is 16.7. The molecule has 0 aromatic heterocycles. The second-order valence-electron chi connectivity index (χ2n) is 7.97. The molecule has 0 unspecified atom stereocenters. The number of nitrogens with zero attached hydrogens (tertiary/aromatic N) is 3. The average Bonchev–Trinajstić information content (AvgIpc) is 3.39. The summed E-state index contributed by atoms with van der Waals surface area (Å²) in [5.41, 5.74) is 5.25. The van der Waals surface area contributed by atoms with Gasteiger partial charge in [-0.05, 0) is 60.4 Å². The molecule has 4 rings (SSSR count). The predicted octanol–water partition coefficient (Wildman–Crippen LogP) is 5.84. The lowest BCUT2D eigenvalue weighted by atomic mass is 10.2. The highest BCUT2D eigenvalue weighted by Crippen LogP contribution is 2.34. The molecule has 0 saturated carbocycles. The first-order valence-corrected chi connectivity index (χ1v) is 11.7. The molecule has 8 nitrogen and oxygen atoms in total. The highest BCUT2D eigenvalue weighted by molar-refractivity contribution is 6.37. The number of hydrogen-bond acceptors (Lipinski definition) is 6. The van der Waals surface area contributed by atoms with Crippen LogP contribution in [0.1, 0.15) is 34.3 Å². The second-order valence-corrected chi connectivity index (χ2v) is 8.78. The molecule has 3 aromatic rings. The van der Waals surface area contributed by atoms with E-state index in [1.807, 2.05) is 12.1 Å². The van der Waals surface area contributed by atoms with Gasteiger partial charge in [0, 0.05) is 36.5 Å². The Kier molecular flexibility index (Phi) is 7.84. The first-order valence-electron chi connectivity index (χ1n) is 10.9. The summed E-state index contributed by atoms with van der Waals surface area (Å²) in [7, 11) is 0. The van der Waals surface area contributed by atoms with Gasteiger partial charge in [0.25, 0.3) is 11.6 Å². The van der Waals surface area contributed by atoms with Crippen molar-refractivity contribution >= 4 is 46.7 Å². The van der Waals surface area contributed by atoms with Crippen LogP contribution in [-0.4, -0.2) is 30.1 Å². The molecule has 1 N–H and O–H groups in total. The zero-order chi connectivity index (χ0) is 24.8. The van der Waals surface area contributed by atoms with E-state index >= 15 is 0 Å². The number of carbonyl (C=O) groups is 1. The Balaban J connectivity index is 1.35. The van der Waals surface area contributed by atoms with Gasteiger partial charge in [0.1, 0.15) is 6.61 Å².